The van der Waals surface area contributed by atoms with Crippen LogP contribution >= 0.6 is 11.3 Å². The lowest BCUT2D eigenvalue weighted by molar-refractivity contribution is -0.117. The van der Waals surface area contributed by atoms with Crippen LogP contribution in [0.3, 0.4) is 0 Å². The maximum atomic E-state index is 12.0. The molecule has 17 heavy (non-hydrogen) atoms. The van der Waals surface area contributed by atoms with E-state index in [9.17, 15) is 4.79 Å². The van der Waals surface area contributed by atoms with Gasteiger partial charge in [-0.05, 0) is 12.5 Å². The van der Waals surface area contributed by atoms with Crippen LogP contribution in [0, 0.1) is 6.92 Å². The standard InChI is InChI=1S/C13H12N2OS/c1-8-3-2-4-9(5-8)12-13(16)15-11-7-17-6-10(11)14-12/h2-7,12,14H,1H3,(H,15,16). The van der Waals surface area contributed by atoms with E-state index < -0.39 is 0 Å². The van der Waals surface area contributed by atoms with E-state index in [-0.39, 0.29) is 11.9 Å². The molecule has 0 saturated carbocycles. The summed E-state index contributed by atoms with van der Waals surface area (Å²) in [5.41, 5.74) is 4.04. The fraction of sp³-hybridized carbons (Fsp3) is 0.154. The Morgan fingerprint density at radius 3 is 2.88 bits per heavy atom. The molecule has 0 spiro atoms. The number of nitrogens with one attached hydrogen (secondary N) is 2. The van der Waals surface area contributed by atoms with E-state index in [4.69, 9.17) is 0 Å². The first-order valence-corrected chi connectivity index (χ1v) is 6.38. The molecule has 3 nitrogen and oxygen atoms in total. The normalized spacial score (nSPS) is 18.2. The predicted octanol–water partition coefficient (Wildman–Crippen LogP) is 3.16. The first-order chi connectivity index (χ1) is 8.24. The van der Waals surface area contributed by atoms with Gasteiger partial charge in [-0.1, -0.05) is 29.8 Å². The maximum absolute atomic E-state index is 12.0. The molecular formula is C13H12N2OS. The minimum atomic E-state index is -0.294. The van der Waals surface area contributed by atoms with Gasteiger partial charge >= 0.3 is 0 Å². The Balaban J connectivity index is 1.98. The van der Waals surface area contributed by atoms with Crippen LogP contribution in [0.5, 0.6) is 0 Å². The van der Waals surface area contributed by atoms with Crippen LogP contribution < -0.4 is 10.6 Å². The largest absolute Gasteiger partial charge is 0.368 e. The van der Waals surface area contributed by atoms with E-state index in [0.29, 0.717) is 0 Å². The quantitative estimate of drug-likeness (QED) is 0.809. The topological polar surface area (TPSA) is 41.1 Å². The number of amides is 1. The Morgan fingerprint density at radius 2 is 2.06 bits per heavy atom. The van der Waals surface area contributed by atoms with E-state index in [1.54, 1.807) is 11.3 Å². The van der Waals surface area contributed by atoms with Crippen molar-refractivity contribution in [2.75, 3.05) is 10.6 Å². The molecule has 0 saturated heterocycles. The summed E-state index contributed by atoms with van der Waals surface area (Å²) >= 11 is 1.58. The molecule has 1 unspecified atom stereocenters. The molecule has 2 aromatic rings. The Kier molecular flexibility index (Phi) is 2.37. The van der Waals surface area contributed by atoms with E-state index in [1.165, 1.54) is 0 Å². The zero-order valence-corrected chi connectivity index (χ0v) is 10.2. The smallest absolute Gasteiger partial charge is 0.251 e. The summed E-state index contributed by atoms with van der Waals surface area (Å²) in [5.74, 6) is 0.00139. The summed E-state index contributed by atoms with van der Waals surface area (Å²) in [4.78, 5) is 12.0. The van der Waals surface area contributed by atoms with Gasteiger partial charge in [0.2, 0.25) is 0 Å². The molecule has 0 fully saturated rings. The first-order valence-electron chi connectivity index (χ1n) is 5.44. The SMILES string of the molecule is Cc1cccc(C2Nc3cscc3NC2=O)c1. The number of rotatable bonds is 1. The monoisotopic (exact) mass is 244 g/mol. The molecule has 4 heteroatoms. The number of thiophene rings is 1. The second kappa shape index (κ2) is 3.89. The van der Waals surface area contributed by atoms with Crippen LogP contribution in [0.4, 0.5) is 11.4 Å². The summed E-state index contributed by atoms with van der Waals surface area (Å²) in [5, 5.41) is 10.1. The van der Waals surface area contributed by atoms with Gasteiger partial charge in [0, 0.05) is 10.8 Å². The van der Waals surface area contributed by atoms with Crippen molar-refractivity contribution in [1.29, 1.82) is 0 Å². The molecule has 1 atom stereocenters. The molecule has 1 aliphatic rings. The van der Waals surface area contributed by atoms with Crippen molar-refractivity contribution >= 4 is 28.6 Å². The van der Waals surface area contributed by atoms with Gasteiger partial charge in [-0.2, -0.15) is 0 Å². The Morgan fingerprint density at radius 1 is 1.24 bits per heavy atom. The van der Waals surface area contributed by atoms with Gasteiger partial charge in [0.15, 0.2) is 0 Å². The van der Waals surface area contributed by atoms with Crippen molar-refractivity contribution in [1.82, 2.24) is 0 Å². The van der Waals surface area contributed by atoms with Crippen molar-refractivity contribution in [3.63, 3.8) is 0 Å². The highest BCUT2D eigenvalue weighted by Crippen LogP contribution is 2.35. The highest BCUT2D eigenvalue weighted by atomic mass is 32.1. The number of benzene rings is 1. The zero-order valence-electron chi connectivity index (χ0n) is 9.36. The van der Waals surface area contributed by atoms with Gasteiger partial charge in [0.25, 0.3) is 5.91 Å². The summed E-state index contributed by atoms with van der Waals surface area (Å²) in [7, 11) is 0. The third-order valence-corrected chi connectivity index (χ3v) is 3.60. The second-order valence-corrected chi connectivity index (χ2v) is 4.92. The molecule has 1 aromatic carbocycles. The minimum Gasteiger partial charge on any atom is -0.368 e. The number of carbonyl (C=O) groups is 1. The minimum absolute atomic E-state index is 0.00139. The molecule has 1 amide bonds. The summed E-state index contributed by atoms with van der Waals surface area (Å²) in [6.07, 6.45) is 0. The number of hydrogen-bond donors (Lipinski definition) is 2. The number of fused-ring (bicyclic) bond motifs is 1. The highest BCUT2D eigenvalue weighted by Gasteiger charge is 2.27. The summed E-state index contributed by atoms with van der Waals surface area (Å²) in [6.45, 7) is 2.03. The van der Waals surface area contributed by atoms with Crippen molar-refractivity contribution in [3.8, 4) is 0 Å². The van der Waals surface area contributed by atoms with Crippen LogP contribution in [0.25, 0.3) is 0 Å². The fourth-order valence-corrected chi connectivity index (χ4v) is 2.74. The van der Waals surface area contributed by atoms with E-state index >= 15 is 0 Å². The van der Waals surface area contributed by atoms with Crippen LogP contribution in [0.15, 0.2) is 35.0 Å². The van der Waals surface area contributed by atoms with Crippen molar-refractivity contribution in [2.24, 2.45) is 0 Å². The molecule has 3 rings (SSSR count). The van der Waals surface area contributed by atoms with E-state index in [2.05, 4.69) is 10.6 Å². The molecular weight excluding hydrogens is 232 g/mol. The molecule has 1 aliphatic heterocycles. The van der Waals surface area contributed by atoms with Crippen molar-refractivity contribution < 1.29 is 4.79 Å². The predicted molar refractivity (Wildman–Crippen MR) is 70.5 cm³/mol. The molecule has 0 aliphatic carbocycles. The molecule has 1 aromatic heterocycles. The Labute approximate surface area is 103 Å². The third kappa shape index (κ3) is 1.80. The van der Waals surface area contributed by atoms with Crippen LogP contribution in [-0.4, -0.2) is 5.91 Å². The molecule has 0 radical (unpaired) electrons. The first kappa shape index (κ1) is 10.4. The highest BCUT2D eigenvalue weighted by molar-refractivity contribution is 7.09. The zero-order chi connectivity index (χ0) is 11.8. The van der Waals surface area contributed by atoms with Gasteiger partial charge in [0.05, 0.1) is 11.4 Å². The van der Waals surface area contributed by atoms with Gasteiger partial charge in [0.1, 0.15) is 6.04 Å². The summed E-state index contributed by atoms with van der Waals surface area (Å²) in [6, 6.07) is 7.72. The van der Waals surface area contributed by atoms with Crippen LogP contribution in [0.2, 0.25) is 0 Å². The fourth-order valence-electron chi connectivity index (χ4n) is 2.02. The molecule has 2 N–H and O–H groups in total. The van der Waals surface area contributed by atoms with Gasteiger partial charge in [-0.15, -0.1) is 11.3 Å². The Bertz CT molecular complexity index is 576. The van der Waals surface area contributed by atoms with E-state index in [1.807, 2.05) is 41.9 Å². The molecule has 86 valence electrons. The molecule has 2 heterocycles. The lowest BCUT2D eigenvalue weighted by Crippen LogP contribution is -2.31. The average Bonchev–Trinajstić information content (AvgIpc) is 2.75. The van der Waals surface area contributed by atoms with Crippen molar-refractivity contribution in [3.05, 3.63) is 46.2 Å². The number of carbonyl (C=O) groups excluding carboxylic acids is 1. The van der Waals surface area contributed by atoms with E-state index in [0.717, 1.165) is 22.5 Å². The van der Waals surface area contributed by atoms with Gasteiger partial charge in [-0.3, -0.25) is 4.79 Å². The van der Waals surface area contributed by atoms with Gasteiger partial charge in [-0.25, -0.2) is 0 Å². The number of anilines is 2. The maximum Gasteiger partial charge on any atom is 0.251 e. The second-order valence-electron chi connectivity index (χ2n) is 4.18. The molecule has 0 bridgehead atoms. The lowest BCUT2D eigenvalue weighted by Gasteiger charge is -2.25. The third-order valence-electron chi connectivity index (χ3n) is 2.86. The Hall–Kier alpha value is -1.81. The van der Waals surface area contributed by atoms with Gasteiger partial charge < -0.3 is 10.6 Å². The number of hydrogen-bond acceptors (Lipinski definition) is 3. The van der Waals surface area contributed by atoms with Crippen LogP contribution in [0.1, 0.15) is 17.2 Å². The summed E-state index contributed by atoms with van der Waals surface area (Å²) < 4.78 is 0. The van der Waals surface area contributed by atoms with Crippen LogP contribution in [-0.2, 0) is 4.79 Å². The number of aryl methyl sites for hydroxylation is 1. The van der Waals surface area contributed by atoms with Crippen molar-refractivity contribution in [2.45, 2.75) is 13.0 Å². The average molecular weight is 244 g/mol. The lowest BCUT2D eigenvalue weighted by atomic mass is 10.0.